The van der Waals surface area contributed by atoms with Crippen molar-refractivity contribution < 1.29 is 26.3 Å². The van der Waals surface area contributed by atoms with Crippen LogP contribution < -0.4 is 0 Å². The van der Waals surface area contributed by atoms with Crippen molar-refractivity contribution in [2.45, 2.75) is 24.7 Å². The first-order valence-corrected chi connectivity index (χ1v) is 4.46. The number of piperidine rings is 3. The summed E-state index contributed by atoms with van der Waals surface area (Å²) in [5, 5.41) is 28.3. The average Bonchev–Trinajstić information content (AvgIpc) is 2.05. The van der Waals surface area contributed by atoms with Gasteiger partial charge in [-0.25, -0.2) is 0 Å². The highest BCUT2D eigenvalue weighted by molar-refractivity contribution is 5.85. The topological polar surface area (TPSA) is 127 Å². The molecule has 6 nitrogen and oxygen atoms in total. The zero-order valence-electron chi connectivity index (χ0n) is 8.39. The molecule has 0 amide bonds. The van der Waals surface area contributed by atoms with Crippen LogP contribution in [-0.2, 0) is 0 Å². The van der Waals surface area contributed by atoms with Crippen LogP contribution in [-0.4, -0.2) is 62.7 Å². The lowest BCUT2D eigenvalue weighted by atomic mass is 9.78. The number of aliphatic hydroxyl groups is 3. The van der Waals surface area contributed by atoms with E-state index in [-0.39, 0.29) is 35.9 Å². The van der Waals surface area contributed by atoms with E-state index in [4.69, 9.17) is 5.11 Å². The van der Waals surface area contributed by atoms with Gasteiger partial charge in [0.2, 0.25) is 0 Å². The van der Waals surface area contributed by atoms with E-state index in [0.29, 0.717) is 0 Å². The van der Waals surface area contributed by atoms with Crippen molar-refractivity contribution in [3.8, 4) is 0 Å². The van der Waals surface area contributed by atoms with Gasteiger partial charge in [0, 0.05) is 5.92 Å². The summed E-state index contributed by atoms with van der Waals surface area (Å²) in [5.74, 6) is -1.70. The predicted molar refractivity (Wildman–Crippen MR) is 56.8 cm³/mol. The molecule has 3 aliphatic rings. The Hall–Kier alpha value is 0.0500. The van der Waals surface area contributed by atoms with Crippen molar-refractivity contribution in [3.63, 3.8) is 0 Å². The van der Waals surface area contributed by atoms with Crippen LogP contribution in [0.3, 0.4) is 0 Å². The molecular weight excluding hydrogens is 226 g/mol. The van der Waals surface area contributed by atoms with Crippen LogP contribution in [0, 0.1) is 5.92 Å². The Morgan fingerprint density at radius 1 is 1.13 bits per heavy atom. The number of rotatable bonds is 1. The maximum absolute atomic E-state index is 9.68. The summed E-state index contributed by atoms with van der Waals surface area (Å²) in [5.41, 5.74) is 0. The van der Waals surface area contributed by atoms with Gasteiger partial charge >= 0.3 is 0 Å². The number of fused-ring (bicyclic) bond motifs is 3. The maximum atomic E-state index is 9.68. The fourth-order valence-corrected chi connectivity index (χ4v) is 2.43. The lowest BCUT2D eigenvalue weighted by Crippen LogP contribution is -2.67. The second-order valence-electron chi connectivity index (χ2n) is 3.79. The van der Waals surface area contributed by atoms with Crippen LogP contribution in [0.15, 0.2) is 0 Å². The zero-order valence-corrected chi connectivity index (χ0v) is 9.20. The van der Waals surface area contributed by atoms with Gasteiger partial charge in [0.25, 0.3) is 0 Å². The van der Waals surface area contributed by atoms with E-state index >= 15 is 0 Å². The Bertz CT molecular complexity index is 184. The quantitative estimate of drug-likeness (QED) is 0.442. The molecule has 1 unspecified atom stereocenters. The normalized spacial score (nSPS) is 35.8. The van der Waals surface area contributed by atoms with Crippen molar-refractivity contribution in [3.05, 3.63) is 0 Å². The van der Waals surface area contributed by atoms with E-state index in [1.807, 2.05) is 4.90 Å². The summed E-state index contributed by atoms with van der Waals surface area (Å²) in [6.07, 6.45) is 1.67. The summed E-state index contributed by atoms with van der Waals surface area (Å²) in [6.45, 7) is 1.61. The SMILES string of the molecule is Cl.O.O.OCC1N2CCC(CC2)C1(O)O. The van der Waals surface area contributed by atoms with E-state index in [9.17, 15) is 10.2 Å². The first kappa shape index (κ1) is 17.4. The molecule has 0 aliphatic carbocycles. The Kier molecular flexibility index (Phi) is 6.92. The number of aliphatic hydroxyl groups excluding tert-OH is 1. The van der Waals surface area contributed by atoms with E-state index in [1.54, 1.807) is 0 Å². The van der Waals surface area contributed by atoms with Crippen LogP contribution in [0.2, 0.25) is 0 Å². The minimum atomic E-state index is -1.66. The standard InChI is InChI=1S/C8H15NO3.ClH.2H2O/c10-5-7-8(11,12)6-1-3-9(7)4-2-6;;;/h6-7,10-12H,1-5H2;1H;2*1H2. The molecule has 3 heterocycles. The second-order valence-corrected chi connectivity index (χ2v) is 3.79. The molecule has 7 heteroatoms. The molecule has 0 radical (unpaired) electrons. The van der Waals surface area contributed by atoms with Gasteiger partial charge in [-0.1, -0.05) is 0 Å². The number of hydrogen-bond donors (Lipinski definition) is 3. The third kappa shape index (κ3) is 2.59. The highest BCUT2D eigenvalue weighted by Gasteiger charge is 2.51. The molecule has 0 aromatic carbocycles. The molecule has 3 rings (SSSR count). The Morgan fingerprint density at radius 2 is 1.60 bits per heavy atom. The van der Waals surface area contributed by atoms with Gasteiger partial charge in [-0.05, 0) is 25.9 Å². The van der Waals surface area contributed by atoms with Crippen molar-refractivity contribution in [1.82, 2.24) is 4.90 Å². The zero-order chi connectivity index (χ0) is 8.77. The van der Waals surface area contributed by atoms with Crippen molar-refractivity contribution in [2.24, 2.45) is 5.92 Å². The fraction of sp³-hybridized carbons (Fsp3) is 1.00. The molecule has 3 aliphatic heterocycles. The third-order valence-corrected chi connectivity index (χ3v) is 3.23. The molecular formula is C8H20ClNO5. The minimum Gasteiger partial charge on any atom is -0.412 e. The van der Waals surface area contributed by atoms with Crippen molar-refractivity contribution in [2.75, 3.05) is 19.7 Å². The lowest BCUT2D eigenvalue weighted by molar-refractivity contribution is -0.285. The smallest absolute Gasteiger partial charge is 0.183 e. The van der Waals surface area contributed by atoms with E-state index < -0.39 is 11.8 Å². The van der Waals surface area contributed by atoms with E-state index in [2.05, 4.69) is 0 Å². The molecule has 7 N–H and O–H groups in total. The molecule has 0 aromatic heterocycles. The van der Waals surface area contributed by atoms with Crippen LogP contribution in [0.25, 0.3) is 0 Å². The van der Waals surface area contributed by atoms with Gasteiger partial charge in [0.15, 0.2) is 5.79 Å². The summed E-state index contributed by atoms with van der Waals surface area (Å²) >= 11 is 0. The van der Waals surface area contributed by atoms with Gasteiger partial charge in [-0.2, -0.15) is 0 Å². The maximum Gasteiger partial charge on any atom is 0.183 e. The first-order chi connectivity index (χ1) is 5.66. The monoisotopic (exact) mass is 245 g/mol. The molecule has 2 bridgehead atoms. The predicted octanol–water partition coefficient (Wildman–Crippen LogP) is -2.47. The van der Waals surface area contributed by atoms with E-state index in [0.717, 1.165) is 25.9 Å². The highest BCUT2D eigenvalue weighted by Crippen LogP contribution is 2.38. The summed E-state index contributed by atoms with van der Waals surface area (Å²) in [4.78, 5) is 1.96. The van der Waals surface area contributed by atoms with Gasteiger partial charge < -0.3 is 26.3 Å². The molecule has 0 aromatic rings. The Labute approximate surface area is 94.5 Å². The van der Waals surface area contributed by atoms with E-state index in [1.165, 1.54) is 0 Å². The van der Waals surface area contributed by atoms with Crippen LogP contribution in [0.5, 0.6) is 0 Å². The minimum absolute atomic E-state index is 0. The summed E-state index contributed by atoms with van der Waals surface area (Å²) in [6, 6.07) is -0.468. The van der Waals surface area contributed by atoms with Gasteiger partial charge in [-0.15, -0.1) is 12.4 Å². The molecule has 94 valence electrons. The molecule has 3 saturated heterocycles. The Morgan fingerprint density at radius 3 is 1.87 bits per heavy atom. The fourth-order valence-electron chi connectivity index (χ4n) is 2.43. The van der Waals surface area contributed by atoms with Gasteiger partial charge in [-0.3, -0.25) is 4.90 Å². The van der Waals surface area contributed by atoms with Gasteiger partial charge in [0.1, 0.15) is 0 Å². The van der Waals surface area contributed by atoms with Crippen LogP contribution in [0.1, 0.15) is 12.8 Å². The molecule has 15 heavy (non-hydrogen) atoms. The highest BCUT2D eigenvalue weighted by atomic mass is 35.5. The van der Waals surface area contributed by atoms with Crippen molar-refractivity contribution >= 4 is 12.4 Å². The molecule has 0 saturated carbocycles. The molecule has 0 spiro atoms. The molecule has 3 fully saturated rings. The largest absolute Gasteiger partial charge is 0.412 e. The van der Waals surface area contributed by atoms with Crippen LogP contribution >= 0.6 is 12.4 Å². The number of nitrogens with zero attached hydrogens (tertiary/aromatic N) is 1. The summed E-state index contributed by atoms with van der Waals surface area (Å²) in [7, 11) is 0. The van der Waals surface area contributed by atoms with Crippen molar-refractivity contribution in [1.29, 1.82) is 0 Å². The number of halogens is 1. The van der Waals surface area contributed by atoms with Crippen LogP contribution in [0.4, 0.5) is 0 Å². The molecule has 1 atom stereocenters. The summed E-state index contributed by atoms with van der Waals surface area (Å²) < 4.78 is 0. The average molecular weight is 246 g/mol. The number of hydrogen-bond acceptors (Lipinski definition) is 4. The lowest BCUT2D eigenvalue weighted by Gasteiger charge is -2.52. The third-order valence-electron chi connectivity index (χ3n) is 3.23. The Balaban J connectivity index is 0. The van der Waals surface area contributed by atoms with Gasteiger partial charge in [0.05, 0.1) is 12.6 Å². The second kappa shape index (κ2) is 5.95. The first-order valence-electron chi connectivity index (χ1n) is 4.46.